The van der Waals surface area contributed by atoms with Crippen molar-refractivity contribution in [1.82, 2.24) is 10.4 Å². The lowest BCUT2D eigenvalue weighted by Crippen LogP contribution is -2.21. The van der Waals surface area contributed by atoms with Gasteiger partial charge in [0.2, 0.25) is 5.91 Å². The van der Waals surface area contributed by atoms with Crippen LogP contribution >= 0.6 is 11.3 Å². The second-order valence-corrected chi connectivity index (χ2v) is 7.66. The molecule has 1 N–H and O–H groups in total. The van der Waals surface area contributed by atoms with Gasteiger partial charge in [0, 0.05) is 5.38 Å². The molecule has 1 aromatic carbocycles. The number of carbonyl (C=O) groups excluding carboxylic acids is 1. The molecule has 0 radical (unpaired) electrons. The highest BCUT2D eigenvalue weighted by Crippen LogP contribution is 2.22. The third kappa shape index (κ3) is 4.99. The van der Waals surface area contributed by atoms with Crippen molar-refractivity contribution in [2.75, 3.05) is 0 Å². The summed E-state index contributed by atoms with van der Waals surface area (Å²) in [5.74, 6) is -0.152. The molecule has 23 heavy (non-hydrogen) atoms. The summed E-state index contributed by atoms with van der Waals surface area (Å²) < 4.78 is 0. The van der Waals surface area contributed by atoms with Gasteiger partial charge in [-0.2, -0.15) is 5.10 Å². The molecule has 0 saturated heterocycles. The highest BCUT2D eigenvalue weighted by molar-refractivity contribution is 7.09. The number of benzene rings is 1. The number of aromatic nitrogens is 1. The Morgan fingerprint density at radius 1 is 1.26 bits per heavy atom. The Morgan fingerprint density at radius 2 is 1.91 bits per heavy atom. The van der Waals surface area contributed by atoms with Gasteiger partial charge in [0.25, 0.3) is 0 Å². The van der Waals surface area contributed by atoms with Gasteiger partial charge >= 0.3 is 0 Å². The molecule has 0 aliphatic heterocycles. The molecular weight excluding hydrogens is 306 g/mol. The van der Waals surface area contributed by atoms with Crippen LogP contribution in [0.25, 0.3) is 0 Å². The van der Waals surface area contributed by atoms with E-state index < -0.39 is 0 Å². The number of hydrogen-bond acceptors (Lipinski definition) is 4. The fraction of sp³-hybridized carbons (Fsp3) is 0.389. The summed E-state index contributed by atoms with van der Waals surface area (Å²) >= 11 is 1.54. The van der Waals surface area contributed by atoms with E-state index in [1.165, 1.54) is 5.56 Å². The summed E-state index contributed by atoms with van der Waals surface area (Å²) in [4.78, 5) is 16.2. The monoisotopic (exact) mass is 329 g/mol. The Hall–Kier alpha value is -2.01. The first-order valence-electron chi connectivity index (χ1n) is 7.61. The van der Waals surface area contributed by atoms with Crippen LogP contribution in [0, 0.1) is 6.92 Å². The maximum Gasteiger partial charge on any atom is 0.246 e. The lowest BCUT2D eigenvalue weighted by atomic mass is 9.86. The SMILES string of the molecule is CC(=NNC(=O)Cc1csc(C)n1)c1ccc(C(C)(C)C)cc1. The van der Waals surface area contributed by atoms with Gasteiger partial charge < -0.3 is 0 Å². The Kier molecular flexibility index (Phi) is 5.31. The summed E-state index contributed by atoms with van der Waals surface area (Å²) in [6, 6.07) is 8.28. The van der Waals surface area contributed by atoms with Crippen molar-refractivity contribution < 1.29 is 4.79 Å². The van der Waals surface area contributed by atoms with Crippen LogP contribution in [0.5, 0.6) is 0 Å². The topological polar surface area (TPSA) is 54.4 Å². The highest BCUT2D eigenvalue weighted by atomic mass is 32.1. The van der Waals surface area contributed by atoms with Crippen LogP contribution in [0.1, 0.15) is 49.5 Å². The summed E-state index contributed by atoms with van der Waals surface area (Å²) in [7, 11) is 0. The third-order valence-electron chi connectivity index (χ3n) is 3.53. The Labute approximate surface area is 141 Å². The number of hydrazone groups is 1. The average molecular weight is 329 g/mol. The van der Waals surface area contributed by atoms with Crippen molar-refractivity contribution in [3.63, 3.8) is 0 Å². The largest absolute Gasteiger partial charge is 0.273 e. The van der Waals surface area contributed by atoms with E-state index >= 15 is 0 Å². The van der Waals surface area contributed by atoms with Gasteiger partial charge in [-0.3, -0.25) is 4.79 Å². The van der Waals surface area contributed by atoms with Crippen LogP contribution in [-0.4, -0.2) is 16.6 Å². The number of nitrogens with one attached hydrogen (secondary N) is 1. The predicted octanol–water partition coefficient (Wildman–Crippen LogP) is 3.83. The maximum absolute atomic E-state index is 11.9. The second kappa shape index (κ2) is 7.04. The minimum Gasteiger partial charge on any atom is -0.273 e. The number of hydrogen-bond donors (Lipinski definition) is 1. The first-order chi connectivity index (χ1) is 10.8. The normalized spacial score (nSPS) is 12.3. The number of amides is 1. The standard InChI is InChI=1S/C18H23N3OS/c1-12(14-6-8-15(9-7-14)18(3,4)5)20-21-17(22)10-16-11-23-13(2)19-16/h6-9,11H,10H2,1-5H3,(H,21,22). The van der Waals surface area contributed by atoms with Crippen molar-refractivity contribution in [3.8, 4) is 0 Å². The minimum atomic E-state index is -0.152. The molecule has 0 bridgehead atoms. The van der Waals surface area contributed by atoms with Crippen LogP contribution < -0.4 is 5.43 Å². The fourth-order valence-corrected chi connectivity index (χ4v) is 2.73. The first kappa shape index (κ1) is 17.3. The fourth-order valence-electron chi connectivity index (χ4n) is 2.12. The van der Waals surface area contributed by atoms with E-state index in [1.807, 2.05) is 31.4 Å². The first-order valence-corrected chi connectivity index (χ1v) is 8.49. The molecule has 2 aromatic rings. The van der Waals surface area contributed by atoms with Crippen LogP contribution in [0.15, 0.2) is 34.7 Å². The molecule has 2 rings (SSSR count). The van der Waals surface area contributed by atoms with Gasteiger partial charge in [0.15, 0.2) is 0 Å². The van der Waals surface area contributed by atoms with Crippen LogP contribution in [0.2, 0.25) is 0 Å². The Morgan fingerprint density at radius 3 is 2.43 bits per heavy atom. The van der Waals surface area contributed by atoms with E-state index in [-0.39, 0.29) is 17.7 Å². The molecule has 1 amide bonds. The molecule has 0 saturated carbocycles. The second-order valence-electron chi connectivity index (χ2n) is 6.59. The lowest BCUT2D eigenvalue weighted by molar-refractivity contribution is -0.120. The highest BCUT2D eigenvalue weighted by Gasteiger charge is 2.13. The summed E-state index contributed by atoms with van der Waals surface area (Å²) in [6.07, 6.45) is 0.254. The molecule has 5 heteroatoms. The van der Waals surface area contributed by atoms with Gasteiger partial charge in [0.05, 0.1) is 22.8 Å². The van der Waals surface area contributed by atoms with Crippen molar-refractivity contribution in [3.05, 3.63) is 51.5 Å². The number of thiazole rings is 1. The zero-order valence-electron chi connectivity index (χ0n) is 14.3. The van der Waals surface area contributed by atoms with Gasteiger partial charge in [-0.05, 0) is 30.4 Å². The number of rotatable bonds is 4. The number of aryl methyl sites for hydroxylation is 1. The molecule has 0 aliphatic carbocycles. The van der Waals surface area contributed by atoms with Crippen molar-refractivity contribution in [2.45, 2.75) is 46.5 Å². The molecule has 0 fully saturated rings. The summed E-state index contributed by atoms with van der Waals surface area (Å²) in [5, 5.41) is 7.05. The van der Waals surface area contributed by atoms with E-state index in [0.29, 0.717) is 0 Å². The molecule has 1 aromatic heterocycles. The van der Waals surface area contributed by atoms with Gasteiger partial charge in [0.1, 0.15) is 0 Å². The van der Waals surface area contributed by atoms with Crippen LogP contribution in [0.3, 0.4) is 0 Å². The lowest BCUT2D eigenvalue weighted by Gasteiger charge is -2.19. The molecule has 122 valence electrons. The Bertz CT molecular complexity index is 709. The zero-order valence-corrected chi connectivity index (χ0v) is 15.1. The van der Waals surface area contributed by atoms with Gasteiger partial charge in [-0.25, -0.2) is 10.4 Å². The van der Waals surface area contributed by atoms with E-state index in [0.717, 1.165) is 22.0 Å². The number of carbonyl (C=O) groups is 1. The Balaban J connectivity index is 1.98. The molecule has 0 spiro atoms. The molecule has 0 aliphatic rings. The molecule has 4 nitrogen and oxygen atoms in total. The number of nitrogens with zero attached hydrogens (tertiary/aromatic N) is 2. The van der Waals surface area contributed by atoms with Gasteiger partial charge in [-0.1, -0.05) is 45.0 Å². The van der Waals surface area contributed by atoms with E-state index in [4.69, 9.17) is 0 Å². The molecule has 0 unspecified atom stereocenters. The molecular formula is C18H23N3OS. The van der Waals surface area contributed by atoms with Crippen molar-refractivity contribution in [1.29, 1.82) is 0 Å². The summed E-state index contributed by atoms with van der Waals surface area (Å²) in [6.45, 7) is 10.4. The average Bonchev–Trinajstić information content (AvgIpc) is 2.89. The van der Waals surface area contributed by atoms with Gasteiger partial charge in [-0.15, -0.1) is 11.3 Å². The maximum atomic E-state index is 11.9. The van der Waals surface area contributed by atoms with E-state index in [2.05, 4.69) is 48.4 Å². The summed E-state index contributed by atoms with van der Waals surface area (Å²) in [5.41, 5.74) is 6.57. The minimum absolute atomic E-state index is 0.128. The zero-order chi connectivity index (χ0) is 17.0. The quantitative estimate of drug-likeness (QED) is 0.684. The van der Waals surface area contributed by atoms with Crippen LogP contribution in [0.4, 0.5) is 0 Å². The third-order valence-corrected chi connectivity index (χ3v) is 4.35. The van der Waals surface area contributed by atoms with Crippen molar-refractivity contribution >= 4 is 23.0 Å². The predicted molar refractivity (Wildman–Crippen MR) is 96.1 cm³/mol. The van der Waals surface area contributed by atoms with Crippen LogP contribution in [-0.2, 0) is 16.6 Å². The smallest absolute Gasteiger partial charge is 0.246 e. The molecule has 1 heterocycles. The van der Waals surface area contributed by atoms with E-state index in [9.17, 15) is 4.79 Å². The molecule has 0 atom stereocenters. The van der Waals surface area contributed by atoms with Crippen molar-refractivity contribution in [2.24, 2.45) is 5.10 Å². The van der Waals surface area contributed by atoms with E-state index in [1.54, 1.807) is 11.3 Å².